The van der Waals surface area contributed by atoms with E-state index in [1.807, 2.05) is 0 Å². The van der Waals surface area contributed by atoms with Gasteiger partial charge in [0.05, 0.1) is 0 Å². The second-order valence-corrected chi connectivity index (χ2v) is 31.0. The van der Waals surface area contributed by atoms with Gasteiger partial charge in [-0.15, -0.1) is 0 Å². The largest absolute Gasteiger partial charge is 1.00 e. The first-order valence-corrected chi connectivity index (χ1v) is 25.4. The van der Waals surface area contributed by atoms with Gasteiger partial charge in [0, 0.05) is 0 Å². The molecule has 0 saturated heterocycles. The van der Waals surface area contributed by atoms with E-state index < -0.39 is 26.9 Å². The monoisotopic (exact) mass is 746 g/mol. The number of halogens is 2. The van der Waals surface area contributed by atoms with E-state index in [1.165, 1.54) is 33.5 Å². The van der Waals surface area contributed by atoms with Crippen LogP contribution in [-0.4, -0.2) is 5.98 Å². The van der Waals surface area contributed by atoms with E-state index in [0.717, 1.165) is 0 Å². The molecule has 0 unspecified atom stereocenters. The van der Waals surface area contributed by atoms with E-state index in [4.69, 9.17) is 0 Å². The Morgan fingerprint density at radius 2 is 1.05 bits per heavy atom. The zero-order valence-corrected chi connectivity index (χ0v) is 29.4. The van der Waals surface area contributed by atoms with Gasteiger partial charge >= 0.3 is 237 Å². The van der Waals surface area contributed by atoms with Crippen molar-refractivity contribution in [3.63, 3.8) is 0 Å². The van der Waals surface area contributed by atoms with Gasteiger partial charge in [-0.2, -0.15) is 0 Å². The standard InChI is InChI=1S/C13H9.C12H11Si.C10H14N.2ClH.Hf/c1-3-7-12-10(5-1)9-11-6-2-4-8-13(11)12;1-3-7-11(8-4-1)13-12-9-5-2-6-10-12;1-10(2,3)8-5-4-6-9(11)7-8;;;/h1-9H;1-10,13H;4-7,11H,1-3H3;2*1H;/q;;-1;;;+3/p-2. The molecule has 6 rings (SSSR count). The van der Waals surface area contributed by atoms with Gasteiger partial charge < -0.3 is 24.8 Å². The van der Waals surface area contributed by atoms with Gasteiger partial charge in [0.1, 0.15) is 0 Å². The molecule has 5 heteroatoms. The van der Waals surface area contributed by atoms with Gasteiger partial charge in [0.15, 0.2) is 0 Å². The Bertz CT molecular complexity index is 1470. The molecule has 1 N–H and O–H groups in total. The minimum absolute atomic E-state index is 0. The van der Waals surface area contributed by atoms with Crippen LogP contribution in [0.25, 0.3) is 11.1 Å². The first kappa shape index (κ1) is 30.5. The molecule has 0 atom stereocenters. The van der Waals surface area contributed by atoms with Crippen LogP contribution in [0.4, 0.5) is 5.69 Å². The molecule has 1 nitrogen and oxygen atoms in total. The van der Waals surface area contributed by atoms with Gasteiger partial charge in [-0.05, 0) is 0 Å². The molecule has 0 amide bonds. The Morgan fingerprint density at radius 3 is 1.55 bits per heavy atom. The van der Waals surface area contributed by atoms with Gasteiger partial charge in [0.25, 0.3) is 0 Å². The molecule has 40 heavy (non-hydrogen) atoms. The first-order valence-electron chi connectivity index (χ1n) is 13.5. The summed E-state index contributed by atoms with van der Waals surface area (Å²) in [5.41, 5.74) is 8.71. The molecule has 1 aliphatic carbocycles. The number of rotatable bonds is 6. The zero-order valence-electron chi connectivity index (χ0n) is 23.1. The average molecular weight is 746 g/mol. The summed E-state index contributed by atoms with van der Waals surface area (Å²) < 4.78 is 4.86. The van der Waals surface area contributed by atoms with E-state index >= 15 is 0 Å². The minimum Gasteiger partial charge on any atom is -1.00 e. The minimum atomic E-state index is -2.80. The fourth-order valence-electron chi connectivity index (χ4n) is 5.87. The van der Waals surface area contributed by atoms with Gasteiger partial charge in [-0.25, -0.2) is 0 Å². The molecular formula is C35H34Cl2HfNSi. The third kappa shape index (κ3) is 6.09. The van der Waals surface area contributed by atoms with E-state index in [0.29, 0.717) is 3.67 Å². The fourth-order valence-corrected chi connectivity index (χ4v) is 36.5. The Labute approximate surface area is 260 Å². The number of anilines is 1. The number of hydrogen-bond donors (Lipinski definition) is 1. The van der Waals surface area contributed by atoms with E-state index in [9.17, 15) is 0 Å². The van der Waals surface area contributed by atoms with Crippen molar-refractivity contribution >= 4 is 22.0 Å². The fraction of sp³-hybridized carbons (Fsp3) is 0.143. The van der Waals surface area contributed by atoms with Crippen LogP contribution in [0.5, 0.6) is 0 Å². The maximum atomic E-state index is 4.39. The number of benzene rings is 5. The van der Waals surface area contributed by atoms with Crippen molar-refractivity contribution in [2.24, 2.45) is 0 Å². The van der Waals surface area contributed by atoms with E-state index in [1.54, 1.807) is 10.4 Å². The van der Waals surface area contributed by atoms with Crippen LogP contribution in [0, 0.1) is 0 Å². The van der Waals surface area contributed by atoms with Crippen LogP contribution in [0.3, 0.4) is 0 Å². The van der Waals surface area contributed by atoms with Gasteiger partial charge in [0.2, 0.25) is 0 Å². The first-order chi connectivity index (χ1) is 18.5. The average Bonchev–Trinajstić information content (AvgIpc) is 3.28. The predicted octanol–water partition coefficient (Wildman–Crippen LogP) is 1.25. The summed E-state index contributed by atoms with van der Waals surface area (Å²) in [5, 5.41) is 3.12. The van der Waals surface area contributed by atoms with Crippen molar-refractivity contribution in [1.29, 1.82) is 0 Å². The molecule has 201 valence electrons. The van der Waals surface area contributed by atoms with Crippen molar-refractivity contribution in [2.45, 2.75) is 29.9 Å². The number of hydrogen-bond acceptors (Lipinski definition) is 1. The Balaban J connectivity index is 0.00000185. The summed E-state index contributed by atoms with van der Waals surface area (Å²) in [5.74, 6) is -1.56. The van der Waals surface area contributed by atoms with Crippen molar-refractivity contribution < 1.29 is 45.7 Å². The number of nitrogens with one attached hydrogen (secondary N) is 1. The van der Waals surface area contributed by atoms with Crippen LogP contribution in [0.2, 0.25) is 0 Å². The van der Waals surface area contributed by atoms with E-state index in [-0.39, 0.29) is 30.2 Å². The van der Waals surface area contributed by atoms with Crippen LogP contribution in [0.1, 0.15) is 41.1 Å². The quantitative estimate of drug-likeness (QED) is 0.259. The molecule has 0 saturated carbocycles. The SMILES string of the molecule is CC(C)(C)c1cccc([NH][Hf+2]([CH]2c3ccccc3-c3ccccc32)[SiH](c2ccccc2)c2ccccc2)c1.[Cl-].[Cl-]. The van der Waals surface area contributed by atoms with Crippen LogP contribution < -0.4 is 38.5 Å². The molecule has 0 fully saturated rings. The second-order valence-electron chi connectivity index (χ2n) is 11.3. The maximum absolute atomic E-state index is 4.39. The van der Waals surface area contributed by atoms with Crippen molar-refractivity contribution in [1.82, 2.24) is 0 Å². The molecule has 5 aromatic rings. The molecule has 0 aliphatic heterocycles. The van der Waals surface area contributed by atoms with Crippen molar-refractivity contribution in [3.8, 4) is 11.1 Å². The molecule has 0 bridgehead atoms. The number of fused-ring (bicyclic) bond motifs is 3. The molecule has 1 aliphatic rings. The van der Waals surface area contributed by atoms with Crippen LogP contribution in [-0.2, 0) is 26.3 Å². The van der Waals surface area contributed by atoms with Gasteiger partial charge in [-0.3, -0.25) is 0 Å². The molecule has 5 aromatic carbocycles. The van der Waals surface area contributed by atoms with E-state index in [2.05, 4.69) is 158 Å². The molecule has 0 radical (unpaired) electrons. The smallest absolute Gasteiger partial charge is 1.00 e. The second kappa shape index (κ2) is 13.0. The summed E-state index contributed by atoms with van der Waals surface area (Å²) in [6, 6.07) is 50.4. The zero-order chi connectivity index (χ0) is 26.1. The molecular weight excluding hydrogens is 712 g/mol. The Kier molecular flexibility index (Phi) is 9.95. The summed E-state index contributed by atoms with van der Waals surface area (Å²) in [6.45, 7) is 6.92. The third-order valence-corrected chi connectivity index (χ3v) is 34.8. The summed E-state index contributed by atoms with van der Waals surface area (Å²) in [4.78, 5) is 0. The predicted molar refractivity (Wildman–Crippen MR) is 162 cm³/mol. The molecule has 0 heterocycles. The summed E-state index contributed by atoms with van der Waals surface area (Å²) >= 11 is -2.80. The third-order valence-electron chi connectivity index (χ3n) is 7.74. The van der Waals surface area contributed by atoms with Crippen molar-refractivity contribution in [3.05, 3.63) is 150 Å². The summed E-state index contributed by atoms with van der Waals surface area (Å²) in [6.07, 6.45) is 0. The van der Waals surface area contributed by atoms with Crippen LogP contribution in [0.15, 0.2) is 133 Å². The molecule has 0 spiro atoms. The normalized spacial score (nSPS) is 12.1. The maximum Gasteiger partial charge on any atom is -1.00 e. The van der Waals surface area contributed by atoms with Gasteiger partial charge in [-0.1, -0.05) is 0 Å². The Morgan fingerprint density at radius 1 is 0.575 bits per heavy atom. The Hall–Kier alpha value is -2.43. The van der Waals surface area contributed by atoms with Crippen molar-refractivity contribution in [2.75, 3.05) is 3.30 Å². The summed E-state index contributed by atoms with van der Waals surface area (Å²) in [7, 11) is 0. The topological polar surface area (TPSA) is 12.0 Å². The van der Waals surface area contributed by atoms with Crippen LogP contribution >= 0.6 is 0 Å². The molecule has 0 aromatic heterocycles.